The van der Waals surface area contributed by atoms with E-state index in [2.05, 4.69) is 29.4 Å². The van der Waals surface area contributed by atoms with Gasteiger partial charge in [-0.15, -0.1) is 0 Å². The molecule has 0 saturated heterocycles. The van der Waals surface area contributed by atoms with Crippen LogP contribution in [0.3, 0.4) is 0 Å². The van der Waals surface area contributed by atoms with Crippen molar-refractivity contribution >= 4 is 34.8 Å². The summed E-state index contributed by atoms with van der Waals surface area (Å²) in [6.45, 7) is 8.28. The molecule has 1 aromatic carbocycles. The first-order valence-corrected chi connectivity index (χ1v) is 9.75. The summed E-state index contributed by atoms with van der Waals surface area (Å²) in [5, 5.41) is 12.4. The normalized spacial score (nSPS) is 11.2. The molecular weight excluding hydrogens is 399 g/mol. The van der Waals surface area contributed by atoms with Gasteiger partial charge in [0.15, 0.2) is 5.69 Å². The van der Waals surface area contributed by atoms with Crippen LogP contribution in [-0.2, 0) is 13.0 Å². The Morgan fingerprint density at radius 1 is 1.25 bits per heavy atom. The Hall–Kier alpha value is -2.31. The molecule has 1 amide bonds. The van der Waals surface area contributed by atoms with Crippen molar-refractivity contribution in [3.63, 3.8) is 0 Å². The molecule has 1 N–H and O–H groups in total. The van der Waals surface area contributed by atoms with E-state index in [0.29, 0.717) is 39.6 Å². The van der Waals surface area contributed by atoms with Gasteiger partial charge < -0.3 is 9.84 Å². The minimum absolute atomic E-state index is 0.247. The highest BCUT2D eigenvalue weighted by molar-refractivity contribution is 6.35. The van der Waals surface area contributed by atoms with Gasteiger partial charge in [-0.1, -0.05) is 48.3 Å². The molecule has 0 unspecified atom stereocenters. The number of carbonyl (C=O) groups excluding carboxylic acids is 1. The average molecular weight is 421 g/mol. The van der Waals surface area contributed by atoms with Gasteiger partial charge in [0.2, 0.25) is 0 Å². The van der Waals surface area contributed by atoms with Gasteiger partial charge >= 0.3 is 0 Å². The van der Waals surface area contributed by atoms with Crippen LogP contribution in [0.2, 0.25) is 10.0 Å². The smallest absolute Gasteiger partial charge is 0.277 e. The number of hydrogen-bond acceptors (Lipinski definition) is 4. The zero-order valence-electron chi connectivity index (χ0n) is 16.2. The third-order valence-electron chi connectivity index (χ3n) is 4.39. The number of rotatable bonds is 6. The molecule has 6 nitrogen and oxygen atoms in total. The highest BCUT2D eigenvalue weighted by atomic mass is 35.5. The molecule has 0 aliphatic rings. The first kappa shape index (κ1) is 20.4. The summed E-state index contributed by atoms with van der Waals surface area (Å²) >= 11 is 12.5. The monoisotopic (exact) mass is 420 g/mol. The number of benzene rings is 1. The fourth-order valence-electron chi connectivity index (χ4n) is 2.96. The Bertz CT molecular complexity index is 988. The van der Waals surface area contributed by atoms with Crippen molar-refractivity contribution in [1.82, 2.24) is 14.9 Å². The molecule has 0 bridgehead atoms. The van der Waals surface area contributed by atoms with Gasteiger partial charge in [0, 0.05) is 28.1 Å². The second-order valence-electron chi connectivity index (χ2n) is 7.13. The summed E-state index contributed by atoms with van der Waals surface area (Å²) in [6.07, 6.45) is 0.731. The second-order valence-corrected chi connectivity index (χ2v) is 7.95. The summed E-state index contributed by atoms with van der Waals surface area (Å²) in [6, 6.07) is 7.05. The van der Waals surface area contributed by atoms with Gasteiger partial charge in [-0.25, -0.2) is 0 Å². The van der Waals surface area contributed by atoms with Crippen LogP contribution in [0.5, 0.6) is 0 Å². The fraction of sp³-hybridized carbons (Fsp3) is 0.350. The van der Waals surface area contributed by atoms with Crippen molar-refractivity contribution in [2.75, 3.05) is 5.32 Å². The fourth-order valence-corrected chi connectivity index (χ4v) is 3.48. The van der Waals surface area contributed by atoms with Gasteiger partial charge in [0.1, 0.15) is 5.76 Å². The number of halogens is 2. The van der Waals surface area contributed by atoms with Crippen molar-refractivity contribution < 1.29 is 9.32 Å². The highest BCUT2D eigenvalue weighted by Gasteiger charge is 2.19. The molecule has 0 fully saturated rings. The Labute approximate surface area is 173 Å². The molecule has 0 aliphatic carbocycles. The van der Waals surface area contributed by atoms with Crippen LogP contribution < -0.4 is 5.32 Å². The van der Waals surface area contributed by atoms with Crippen molar-refractivity contribution in [2.45, 2.75) is 40.7 Å². The van der Waals surface area contributed by atoms with Gasteiger partial charge in [0.25, 0.3) is 5.91 Å². The summed E-state index contributed by atoms with van der Waals surface area (Å²) in [5.74, 6) is 0.779. The summed E-state index contributed by atoms with van der Waals surface area (Å²) in [4.78, 5) is 12.6. The molecule has 0 atom stereocenters. The molecule has 2 heterocycles. The molecular formula is C20H22Cl2N4O2. The summed E-state index contributed by atoms with van der Waals surface area (Å²) in [7, 11) is 0. The van der Waals surface area contributed by atoms with E-state index in [1.165, 1.54) is 0 Å². The van der Waals surface area contributed by atoms with Crippen LogP contribution in [0.4, 0.5) is 5.69 Å². The molecule has 28 heavy (non-hydrogen) atoms. The second kappa shape index (κ2) is 8.37. The molecule has 0 spiro atoms. The number of aryl methyl sites for hydroxylation is 1. The number of hydrogen-bond donors (Lipinski definition) is 1. The number of nitrogens with zero attached hydrogens (tertiary/aromatic N) is 3. The molecule has 3 rings (SSSR count). The van der Waals surface area contributed by atoms with Crippen LogP contribution in [-0.4, -0.2) is 20.8 Å². The van der Waals surface area contributed by atoms with Gasteiger partial charge in [-0.2, -0.15) is 5.10 Å². The maximum absolute atomic E-state index is 12.6. The molecule has 2 aromatic heterocycles. The van der Waals surface area contributed by atoms with Crippen LogP contribution in [0.15, 0.2) is 28.8 Å². The number of carbonyl (C=O) groups is 1. The molecule has 0 aliphatic heterocycles. The predicted octanol–water partition coefficient (Wildman–Crippen LogP) is 5.29. The van der Waals surface area contributed by atoms with Gasteiger partial charge in [-0.3, -0.25) is 9.48 Å². The SMILES string of the molecule is Cc1nn(Cc2c(Cl)cccc2Cl)c(C)c1NC(=O)c1cc(CC(C)C)on1. The van der Waals surface area contributed by atoms with Crippen LogP contribution in [0.25, 0.3) is 0 Å². The lowest BCUT2D eigenvalue weighted by atomic mass is 10.1. The number of nitrogens with one attached hydrogen (secondary N) is 1. The Morgan fingerprint density at radius 2 is 1.93 bits per heavy atom. The van der Waals surface area contributed by atoms with E-state index in [9.17, 15) is 4.79 Å². The van der Waals surface area contributed by atoms with E-state index in [0.717, 1.165) is 17.7 Å². The standard InChI is InChI=1S/C20H22Cl2N4O2/c1-11(2)8-14-9-18(25-28-14)20(27)23-19-12(3)24-26(13(19)4)10-15-16(21)6-5-7-17(15)22/h5-7,9,11H,8,10H2,1-4H3,(H,23,27). The van der Waals surface area contributed by atoms with Crippen LogP contribution in [0.1, 0.15) is 47.0 Å². The number of amides is 1. The lowest BCUT2D eigenvalue weighted by Gasteiger charge is -2.09. The maximum Gasteiger partial charge on any atom is 0.277 e. The summed E-state index contributed by atoms with van der Waals surface area (Å²) in [5.41, 5.74) is 3.16. The molecule has 3 aromatic rings. The van der Waals surface area contributed by atoms with Gasteiger partial charge in [-0.05, 0) is 31.9 Å². The van der Waals surface area contributed by atoms with Gasteiger partial charge in [0.05, 0.1) is 23.6 Å². The van der Waals surface area contributed by atoms with E-state index in [4.69, 9.17) is 27.7 Å². The Kier molecular flexibility index (Phi) is 6.10. The Balaban J connectivity index is 1.80. The zero-order valence-corrected chi connectivity index (χ0v) is 17.7. The summed E-state index contributed by atoms with van der Waals surface area (Å²) < 4.78 is 7.01. The van der Waals surface area contributed by atoms with Crippen molar-refractivity contribution in [1.29, 1.82) is 0 Å². The van der Waals surface area contributed by atoms with E-state index < -0.39 is 0 Å². The lowest BCUT2D eigenvalue weighted by molar-refractivity contribution is 0.101. The Morgan fingerprint density at radius 3 is 2.57 bits per heavy atom. The van der Waals surface area contributed by atoms with E-state index in [1.54, 1.807) is 28.9 Å². The van der Waals surface area contributed by atoms with E-state index in [-0.39, 0.29) is 11.6 Å². The maximum atomic E-state index is 12.6. The zero-order chi connectivity index (χ0) is 20.4. The molecule has 148 valence electrons. The van der Waals surface area contributed by atoms with Crippen molar-refractivity contribution in [3.05, 3.63) is 62.7 Å². The largest absolute Gasteiger partial charge is 0.361 e. The van der Waals surface area contributed by atoms with E-state index >= 15 is 0 Å². The first-order valence-electron chi connectivity index (χ1n) is 9.00. The number of anilines is 1. The van der Waals surface area contributed by atoms with Crippen LogP contribution in [0, 0.1) is 19.8 Å². The highest BCUT2D eigenvalue weighted by Crippen LogP contribution is 2.27. The minimum Gasteiger partial charge on any atom is -0.361 e. The van der Waals surface area contributed by atoms with E-state index in [1.807, 2.05) is 13.8 Å². The number of aromatic nitrogens is 3. The minimum atomic E-state index is -0.333. The average Bonchev–Trinajstić information content (AvgIpc) is 3.18. The molecule has 0 radical (unpaired) electrons. The predicted molar refractivity (Wildman–Crippen MR) is 110 cm³/mol. The topological polar surface area (TPSA) is 73.0 Å². The lowest BCUT2D eigenvalue weighted by Crippen LogP contribution is -2.13. The van der Waals surface area contributed by atoms with Crippen LogP contribution >= 0.6 is 23.2 Å². The third kappa shape index (κ3) is 4.39. The van der Waals surface area contributed by atoms with Crippen molar-refractivity contribution in [2.24, 2.45) is 5.92 Å². The van der Waals surface area contributed by atoms with Crippen molar-refractivity contribution in [3.8, 4) is 0 Å². The quantitative estimate of drug-likeness (QED) is 0.587. The third-order valence-corrected chi connectivity index (χ3v) is 5.10. The molecule has 0 saturated carbocycles. The first-order chi connectivity index (χ1) is 13.3. The molecule has 8 heteroatoms.